The maximum atomic E-state index is 3.67. The highest BCUT2D eigenvalue weighted by Gasteiger charge is 2.24. The molecule has 1 saturated carbocycles. The largest absolute Gasteiger partial charge is 0.312 e. The zero-order valence-corrected chi connectivity index (χ0v) is 28.5. The molecule has 0 saturated heterocycles. The molecule has 3 nitrogen and oxygen atoms in total. The van der Waals surface area contributed by atoms with Gasteiger partial charge in [0.25, 0.3) is 0 Å². The van der Waals surface area contributed by atoms with Crippen molar-refractivity contribution < 1.29 is 0 Å². The summed E-state index contributed by atoms with van der Waals surface area (Å²) in [6.45, 7) is 27.3. The highest BCUT2D eigenvalue weighted by atomic mass is 14.9. The lowest BCUT2D eigenvalue weighted by Gasteiger charge is -2.33. The van der Waals surface area contributed by atoms with Gasteiger partial charge in [0.05, 0.1) is 0 Å². The molecule has 0 aliphatic heterocycles. The van der Waals surface area contributed by atoms with Gasteiger partial charge in [-0.25, -0.2) is 0 Å². The maximum absolute atomic E-state index is 3.67. The molecule has 0 bridgehead atoms. The van der Waals surface area contributed by atoms with Gasteiger partial charge in [-0.2, -0.15) is 0 Å². The first kappa shape index (κ1) is 36.4. The third-order valence-corrected chi connectivity index (χ3v) is 8.63. The van der Waals surface area contributed by atoms with Crippen molar-refractivity contribution >= 4 is 0 Å². The van der Waals surface area contributed by atoms with Crippen LogP contribution in [0.5, 0.6) is 0 Å². The fraction of sp³-hybridized carbons (Fsp3) is 0.889. The lowest BCUT2D eigenvalue weighted by Crippen LogP contribution is -2.39. The molecule has 39 heavy (non-hydrogen) atoms. The van der Waals surface area contributed by atoms with E-state index in [0.29, 0.717) is 24.2 Å². The number of rotatable bonds is 9. The van der Waals surface area contributed by atoms with Crippen molar-refractivity contribution in [3.63, 3.8) is 0 Å². The summed E-state index contributed by atoms with van der Waals surface area (Å²) in [5.74, 6) is 3.30. The molecule has 230 valence electrons. The average Bonchev–Trinajstić information content (AvgIpc) is 2.84. The van der Waals surface area contributed by atoms with Crippen molar-refractivity contribution in [3.8, 4) is 0 Å². The van der Waals surface area contributed by atoms with Crippen molar-refractivity contribution in [2.24, 2.45) is 23.7 Å². The molecular formula is C36H71N3. The fourth-order valence-electron chi connectivity index (χ4n) is 6.47. The number of hydrogen-bond acceptors (Lipinski definition) is 3. The van der Waals surface area contributed by atoms with Crippen LogP contribution >= 0.6 is 0 Å². The van der Waals surface area contributed by atoms with Crippen LogP contribution in [-0.2, 0) is 0 Å². The van der Waals surface area contributed by atoms with Crippen LogP contribution in [0.4, 0.5) is 0 Å². The van der Waals surface area contributed by atoms with Crippen LogP contribution in [0.2, 0.25) is 0 Å². The van der Waals surface area contributed by atoms with E-state index in [9.17, 15) is 0 Å². The van der Waals surface area contributed by atoms with Crippen molar-refractivity contribution in [1.29, 1.82) is 0 Å². The number of nitrogens with one attached hydrogen (secondary N) is 3. The second-order valence-corrected chi connectivity index (χ2v) is 14.6. The van der Waals surface area contributed by atoms with Crippen molar-refractivity contribution in [3.05, 3.63) is 23.3 Å². The first-order valence-corrected chi connectivity index (χ1v) is 17.0. The Balaban J connectivity index is 0.000000292. The molecule has 0 aromatic heterocycles. The van der Waals surface area contributed by atoms with Crippen molar-refractivity contribution in [2.75, 3.05) is 0 Å². The zero-order valence-electron chi connectivity index (χ0n) is 28.5. The summed E-state index contributed by atoms with van der Waals surface area (Å²) in [5.41, 5.74) is 3.29. The van der Waals surface area contributed by atoms with Crippen molar-refractivity contribution in [2.45, 2.75) is 184 Å². The highest BCUT2D eigenvalue weighted by Crippen LogP contribution is 2.30. The van der Waals surface area contributed by atoms with E-state index in [1.165, 1.54) is 64.2 Å². The summed E-state index contributed by atoms with van der Waals surface area (Å²) < 4.78 is 0. The van der Waals surface area contributed by atoms with E-state index in [4.69, 9.17) is 0 Å². The van der Waals surface area contributed by atoms with Crippen molar-refractivity contribution in [1.82, 2.24) is 16.0 Å². The molecule has 1 fully saturated rings. The molecular weight excluding hydrogens is 474 g/mol. The van der Waals surface area contributed by atoms with Gasteiger partial charge in [0.1, 0.15) is 0 Å². The molecule has 3 N–H and O–H groups in total. The predicted octanol–water partition coefficient (Wildman–Crippen LogP) is 9.44. The van der Waals surface area contributed by atoms with Gasteiger partial charge in [-0.3, -0.25) is 0 Å². The van der Waals surface area contributed by atoms with E-state index in [2.05, 4.69) is 111 Å². The average molecular weight is 546 g/mol. The third kappa shape index (κ3) is 16.4. The summed E-state index contributed by atoms with van der Waals surface area (Å²) in [6.07, 6.45) is 18.4. The molecule has 0 aromatic rings. The minimum Gasteiger partial charge on any atom is -0.312 e. The molecule has 0 aromatic carbocycles. The van der Waals surface area contributed by atoms with Crippen LogP contribution in [-0.4, -0.2) is 36.3 Å². The minimum atomic E-state index is 0.604. The SMILES string of the molecule is CC(C)NC1C=C(C(C)C)CCC1.CC(C)NC1CCC=C(C(C)C)C1.CC(C)NC1CCCC(C(C)C)C1. The van der Waals surface area contributed by atoms with Gasteiger partial charge in [0.15, 0.2) is 0 Å². The molecule has 3 aliphatic carbocycles. The Morgan fingerprint density at radius 2 is 1.21 bits per heavy atom. The topological polar surface area (TPSA) is 36.1 Å². The summed E-state index contributed by atoms with van der Waals surface area (Å²) >= 11 is 0. The Bertz CT molecular complexity index is 685. The Morgan fingerprint density at radius 3 is 1.74 bits per heavy atom. The first-order chi connectivity index (χ1) is 18.3. The fourth-order valence-corrected chi connectivity index (χ4v) is 6.47. The Labute approximate surface area is 246 Å². The van der Waals surface area contributed by atoms with E-state index in [1.807, 2.05) is 0 Å². The van der Waals surface area contributed by atoms with E-state index >= 15 is 0 Å². The summed E-state index contributed by atoms with van der Waals surface area (Å²) in [7, 11) is 0. The lowest BCUT2D eigenvalue weighted by molar-refractivity contribution is 0.224. The van der Waals surface area contributed by atoms with Crippen LogP contribution in [0.25, 0.3) is 0 Å². The van der Waals surface area contributed by atoms with Gasteiger partial charge in [0, 0.05) is 36.3 Å². The van der Waals surface area contributed by atoms with Crippen LogP contribution < -0.4 is 16.0 Å². The van der Waals surface area contributed by atoms with Gasteiger partial charge < -0.3 is 16.0 Å². The Morgan fingerprint density at radius 1 is 0.615 bits per heavy atom. The standard InChI is InChI=1S/C12H25N.2C12H23N/c3*1-9(2)11-6-5-7-12(8-11)13-10(3)4/h9-13H,5-8H2,1-4H3;8-10,12-13H,5-7H2,1-4H3;6,9-10,12-13H,5,7-8H2,1-4H3. The molecule has 3 heteroatoms. The van der Waals surface area contributed by atoms with Gasteiger partial charge in [-0.1, -0.05) is 119 Å². The molecule has 0 radical (unpaired) electrons. The molecule has 4 unspecified atom stereocenters. The summed E-state index contributed by atoms with van der Waals surface area (Å²) in [5, 5.41) is 10.9. The van der Waals surface area contributed by atoms with Gasteiger partial charge in [-0.15, -0.1) is 0 Å². The smallest absolute Gasteiger partial charge is 0.0255 e. The monoisotopic (exact) mass is 546 g/mol. The quantitative estimate of drug-likeness (QED) is 0.252. The predicted molar refractivity (Wildman–Crippen MR) is 177 cm³/mol. The minimum absolute atomic E-state index is 0.604. The molecule has 4 atom stereocenters. The van der Waals surface area contributed by atoms with E-state index in [-0.39, 0.29) is 0 Å². The molecule has 0 amide bonds. The van der Waals surface area contributed by atoms with Gasteiger partial charge in [0.2, 0.25) is 0 Å². The molecule has 0 heterocycles. The van der Waals surface area contributed by atoms with Crippen LogP contribution in [0.1, 0.15) is 147 Å². The Kier molecular flexibility index (Phi) is 18.2. The third-order valence-electron chi connectivity index (χ3n) is 8.63. The van der Waals surface area contributed by atoms with Gasteiger partial charge in [-0.05, 0) is 75.0 Å². The summed E-state index contributed by atoms with van der Waals surface area (Å²) in [4.78, 5) is 0. The summed E-state index contributed by atoms with van der Waals surface area (Å²) in [6, 6.07) is 4.02. The number of allylic oxidation sites excluding steroid dienone is 2. The zero-order chi connectivity index (χ0) is 29.5. The Hall–Kier alpha value is -0.640. The normalized spacial score (nSPS) is 25.9. The van der Waals surface area contributed by atoms with E-state index < -0.39 is 0 Å². The molecule has 3 aliphatic rings. The van der Waals surface area contributed by atoms with Crippen LogP contribution in [0.3, 0.4) is 0 Å². The second-order valence-electron chi connectivity index (χ2n) is 14.6. The van der Waals surface area contributed by atoms with Gasteiger partial charge >= 0.3 is 0 Å². The first-order valence-electron chi connectivity index (χ1n) is 17.0. The number of hydrogen-bond donors (Lipinski definition) is 3. The second kappa shape index (κ2) is 19.5. The highest BCUT2D eigenvalue weighted by molar-refractivity contribution is 5.13. The molecule has 3 rings (SSSR count). The lowest BCUT2D eigenvalue weighted by atomic mass is 9.79. The van der Waals surface area contributed by atoms with E-state index in [0.717, 1.165) is 35.8 Å². The van der Waals surface area contributed by atoms with Crippen LogP contribution in [0.15, 0.2) is 23.3 Å². The van der Waals surface area contributed by atoms with E-state index in [1.54, 1.807) is 11.1 Å². The molecule has 0 spiro atoms. The van der Waals surface area contributed by atoms with Crippen LogP contribution in [0, 0.1) is 23.7 Å². The maximum Gasteiger partial charge on any atom is 0.0255 e.